The SMILES string of the molecule is C=CC(=O)OCCCCOC(=O)C1CCC(C2CCC(C3CCC(C(=O)OCCCCOC(=O)C=C)CC3)CC2)CC1. The first-order chi connectivity index (χ1) is 20.4. The van der Waals surface area contributed by atoms with Gasteiger partial charge < -0.3 is 18.9 Å². The number of hydrogen-bond acceptors (Lipinski definition) is 8. The second kappa shape index (κ2) is 18.8. The molecule has 42 heavy (non-hydrogen) atoms. The van der Waals surface area contributed by atoms with Crippen LogP contribution in [-0.4, -0.2) is 50.3 Å². The van der Waals surface area contributed by atoms with Gasteiger partial charge in [0.05, 0.1) is 38.3 Å². The molecule has 3 aliphatic rings. The molecule has 0 radical (unpaired) electrons. The molecule has 8 nitrogen and oxygen atoms in total. The second-order valence-electron chi connectivity index (χ2n) is 12.4. The van der Waals surface area contributed by atoms with Crippen LogP contribution in [0.25, 0.3) is 0 Å². The van der Waals surface area contributed by atoms with Crippen molar-refractivity contribution in [3.63, 3.8) is 0 Å². The largest absolute Gasteiger partial charge is 0.465 e. The van der Waals surface area contributed by atoms with E-state index in [0.717, 1.165) is 87.2 Å². The molecule has 236 valence electrons. The Kier molecular flexibility index (Phi) is 15.2. The predicted octanol–water partition coefficient (Wildman–Crippen LogP) is 6.51. The zero-order valence-electron chi connectivity index (χ0n) is 25.4. The van der Waals surface area contributed by atoms with E-state index in [1.54, 1.807) is 0 Å². The van der Waals surface area contributed by atoms with E-state index < -0.39 is 11.9 Å². The fourth-order valence-electron chi connectivity index (χ4n) is 7.19. The molecule has 3 saturated carbocycles. The van der Waals surface area contributed by atoms with Gasteiger partial charge in [-0.2, -0.15) is 0 Å². The summed E-state index contributed by atoms with van der Waals surface area (Å²) in [6.45, 7) is 8.15. The standard InChI is InChI=1S/C34H52O8/c1-3-31(35)39-21-5-7-23-41-33(37)29-17-13-27(14-18-29)25-9-11-26(12-10-25)28-15-19-30(20-16-28)34(38)42-24-8-6-22-40-32(36)4-2/h3-4,25-30H,1-2,5-24H2. The number of unbranched alkanes of at least 4 members (excludes halogenated alkanes) is 2. The van der Waals surface area contributed by atoms with Gasteiger partial charge in [-0.25, -0.2) is 9.59 Å². The highest BCUT2D eigenvalue weighted by Crippen LogP contribution is 2.46. The molecule has 3 aliphatic carbocycles. The quantitative estimate of drug-likeness (QED) is 0.0870. The van der Waals surface area contributed by atoms with Crippen LogP contribution in [-0.2, 0) is 38.1 Å². The van der Waals surface area contributed by atoms with E-state index in [4.69, 9.17) is 18.9 Å². The zero-order chi connectivity index (χ0) is 30.2. The van der Waals surface area contributed by atoms with Gasteiger partial charge in [-0.3, -0.25) is 9.59 Å². The lowest BCUT2D eigenvalue weighted by molar-refractivity contribution is -0.151. The third-order valence-corrected chi connectivity index (χ3v) is 9.75. The smallest absolute Gasteiger partial charge is 0.330 e. The molecule has 0 aromatic heterocycles. The highest BCUT2D eigenvalue weighted by molar-refractivity contribution is 5.81. The Balaban J connectivity index is 1.22. The topological polar surface area (TPSA) is 105 Å². The number of hydrogen-bond donors (Lipinski definition) is 0. The van der Waals surface area contributed by atoms with Crippen molar-refractivity contribution in [2.24, 2.45) is 35.5 Å². The summed E-state index contributed by atoms with van der Waals surface area (Å²) in [4.78, 5) is 47.1. The van der Waals surface area contributed by atoms with Crippen LogP contribution < -0.4 is 0 Å². The zero-order valence-corrected chi connectivity index (χ0v) is 25.4. The van der Waals surface area contributed by atoms with Crippen LogP contribution in [0.2, 0.25) is 0 Å². The Morgan fingerprint density at radius 3 is 1.00 bits per heavy atom. The van der Waals surface area contributed by atoms with E-state index >= 15 is 0 Å². The molecule has 0 aromatic carbocycles. The van der Waals surface area contributed by atoms with Gasteiger partial charge in [0.25, 0.3) is 0 Å². The van der Waals surface area contributed by atoms with Crippen molar-refractivity contribution in [2.45, 2.75) is 103 Å². The molecule has 0 aliphatic heterocycles. The third-order valence-electron chi connectivity index (χ3n) is 9.75. The third kappa shape index (κ3) is 11.6. The summed E-state index contributed by atoms with van der Waals surface area (Å²) in [5.74, 6) is 2.11. The van der Waals surface area contributed by atoms with Crippen molar-refractivity contribution in [1.82, 2.24) is 0 Å². The molecular formula is C34H52O8. The first kappa shape index (κ1) is 33.9. The Morgan fingerprint density at radius 1 is 0.452 bits per heavy atom. The van der Waals surface area contributed by atoms with Crippen LogP contribution in [0.3, 0.4) is 0 Å². The van der Waals surface area contributed by atoms with Crippen LogP contribution in [0.4, 0.5) is 0 Å². The maximum atomic E-state index is 12.5. The minimum atomic E-state index is -0.421. The van der Waals surface area contributed by atoms with Crippen LogP contribution in [0.15, 0.2) is 25.3 Å². The highest BCUT2D eigenvalue weighted by Gasteiger charge is 2.37. The summed E-state index contributed by atoms with van der Waals surface area (Å²) in [5.41, 5.74) is 0. The van der Waals surface area contributed by atoms with Crippen molar-refractivity contribution in [2.75, 3.05) is 26.4 Å². The van der Waals surface area contributed by atoms with Gasteiger partial charge in [0.1, 0.15) is 0 Å². The fourth-order valence-corrected chi connectivity index (χ4v) is 7.19. The Hall–Kier alpha value is -2.64. The predicted molar refractivity (Wildman–Crippen MR) is 159 cm³/mol. The average molecular weight is 589 g/mol. The monoisotopic (exact) mass is 588 g/mol. The van der Waals surface area contributed by atoms with Gasteiger partial charge in [0, 0.05) is 12.2 Å². The maximum Gasteiger partial charge on any atom is 0.330 e. The van der Waals surface area contributed by atoms with E-state index in [9.17, 15) is 19.2 Å². The van der Waals surface area contributed by atoms with Gasteiger partial charge in [0.15, 0.2) is 0 Å². The normalized spacial score (nSPS) is 27.7. The van der Waals surface area contributed by atoms with Crippen molar-refractivity contribution in [3.05, 3.63) is 25.3 Å². The van der Waals surface area contributed by atoms with Gasteiger partial charge >= 0.3 is 23.9 Å². The van der Waals surface area contributed by atoms with Gasteiger partial charge in [-0.05, 0) is 126 Å². The molecule has 0 bridgehead atoms. The number of ether oxygens (including phenoxy) is 4. The Morgan fingerprint density at radius 2 is 0.714 bits per heavy atom. The molecule has 0 heterocycles. The maximum absolute atomic E-state index is 12.5. The Bertz CT molecular complexity index is 802. The number of carbonyl (C=O) groups is 4. The summed E-state index contributed by atoms with van der Waals surface area (Å²) < 4.78 is 20.9. The van der Waals surface area contributed by atoms with Crippen molar-refractivity contribution in [1.29, 1.82) is 0 Å². The molecule has 0 amide bonds. The van der Waals surface area contributed by atoms with E-state index in [0.29, 0.717) is 52.1 Å². The summed E-state index contributed by atoms with van der Waals surface area (Å²) in [5, 5.41) is 0. The van der Waals surface area contributed by atoms with Crippen molar-refractivity contribution in [3.8, 4) is 0 Å². The Labute approximate surface area is 251 Å². The van der Waals surface area contributed by atoms with Crippen molar-refractivity contribution < 1.29 is 38.1 Å². The number of esters is 4. The summed E-state index contributed by atoms with van der Waals surface area (Å²) >= 11 is 0. The molecular weight excluding hydrogens is 536 g/mol. The molecule has 0 aromatic rings. The second-order valence-corrected chi connectivity index (χ2v) is 12.4. The van der Waals surface area contributed by atoms with Crippen LogP contribution in [0.5, 0.6) is 0 Å². The molecule has 0 N–H and O–H groups in total. The van der Waals surface area contributed by atoms with Crippen molar-refractivity contribution >= 4 is 23.9 Å². The molecule has 3 fully saturated rings. The lowest BCUT2D eigenvalue weighted by atomic mass is 9.65. The molecule has 8 heteroatoms. The average Bonchev–Trinajstić information content (AvgIpc) is 3.04. The molecule has 0 spiro atoms. The summed E-state index contributed by atoms with van der Waals surface area (Å²) in [6.07, 6.45) is 18.5. The molecule has 0 saturated heterocycles. The van der Waals surface area contributed by atoms with Crippen LogP contribution >= 0.6 is 0 Å². The fraction of sp³-hybridized carbons (Fsp3) is 0.765. The lowest BCUT2D eigenvalue weighted by Gasteiger charge is -2.41. The first-order valence-electron chi connectivity index (χ1n) is 16.3. The van der Waals surface area contributed by atoms with E-state index in [1.807, 2.05) is 0 Å². The minimum Gasteiger partial charge on any atom is -0.465 e. The first-order valence-corrected chi connectivity index (χ1v) is 16.3. The molecule has 0 unspecified atom stereocenters. The number of rotatable bonds is 16. The van der Waals surface area contributed by atoms with Gasteiger partial charge in [0.2, 0.25) is 0 Å². The van der Waals surface area contributed by atoms with E-state index in [-0.39, 0.29) is 23.8 Å². The highest BCUT2D eigenvalue weighted by atomic mass is 16.5. The summed E-state index contributed by atoms with van der Waals surface area (Å²) in [6, 6.07) is 0. The molecule has 3 rings (SSSR count). The molecule has 0 atom stereocenters. The van der Waals surface area contributed by atoms with Gasteiger partial charge in [-0.1, -0.05) is 13.2 Å². The van der Waals surface area contributed by atoms with E-state index in [2.05, 4.69) is 13.2 Å². The van der Waals surface area contributed by atoms with Crippen LogP contribution in [0, 0.1) is 35.5 Å². The minimum absolute atomic E-state index is 0.0279. The van der Waals surface area contributed by atoms with Crippen LogP contribution in [0.1, 0.15) is 103 Å². The summed E-state index contributed by atoms with van der Waals surface area (Å²) in [7, 11) is 0. The van der Waals surface area contributed by atoms with Gasteiger partial charge in [-0.15, -0.1) is 0 Å². The van der Waals surface area contributed by atoms with E-state index in [1.165, 1.54) is 25.7 Å². The number of carbonyl (C=O) groups excluding carboxylic acids is 4. The lowest BCUT2D eigenvalue weighted by Crippen LogP contribution is -2.32.